The second kappa shape index (κ2) is 14.1. The first-order valence-electron chi connectivity index (χ1n) is 19.8. The van der Waals surface area contributed by atoms with E-state index in [0.717, 1.165) is 50.1 Å². The average molecular weight is 740 g/mol. The second-order valence-electron chi connectivity index (χ2n) is 14.9. The molecule has 0 aliphatic rings. The summed E-state index contributed by atoms with van der Waals surface area (Å²) in [5.74, 6) is 0. The van der Waals surface area contributed by atoms with E-state index in [-0.39, 0.29) is 0 Å². The second-order valence-corrected chi connectivity index (χ2v) is 14.9. The van der Waals surface area contributed by atoms with Crippen LogP contribution in [0.25, 0.3) is 88.0 Å². The summed E-state index contributed by atoms with van der Waals surface area (Å²) in [4.78, 5) is 2.36. The molecule has 1 heterocycles. The van der Waals surface area contributed by atoms with E-state index in [1.165, 1.54) is 54.9 Å². The summed E-state index contributed by atoms with van der Waals surface area (Å²) in [6.07, 6.45) is 0. The first-order valence-corrected chi connectivity index (χ1v) is 19.8. The van der Waals surface area contributed by atoms with E-state index in [9.17, 15) is 0 Å². The standard InChI is InChI=1S/C56H37NO/c1-2-12-44-36-45(27-24-38(44)10-1)41-30-34-48(35-31-41)57(49-15-7-14-46(37-49)52-19-9-21-55-56(52)53-17-5-6-20-54(53)58-55)47-32-28-40(29-33-47)39-22-25-43(26-23-39)51-18-8-13-42-11-3-4-16-50(42)51/h1-37H. The minimum Gasteiger partial charge on any atom is -0.456 e. The van der Waals surface area contributed by atoms with Gasteiger partial charge in [-0.05, 0) is 121 Å². The van der Waals surface area contributed by atoms with Gasteiger partial charge in [-0.3, -0.25) is 0 Å². The zero-order valence-electron chi connectivity index (χ0n) is 31.7. The topological polar surface area (TPSA) is 16.4 Å². The number of hydrogen-bond donors (Lipinski definition) is 0. The number of fused-ring (bicyclic) bond motifs is 5. The molecule has 0 unspecified atom stereocenters. The molecular formula is C56H37NO. The van der Waals surface area contributed by atoms with Crippen molar-refractivity contribution in [3.05, 3.63) is 224 Å². The molecule has 0 amide bonds. The van der Waals surface area contributed by atoms with E-state index >= 15 is 0 Å². The third kappa shape index (κ3) is 6.00. The van der Waals surface area contributed by atoms with Crippen molar-refractivity contribution in [3.8, 4) is 44.5 Å². The molecule has 2 nitrogen and oxygen atoms in total. The summed E-state index contributed by atoms with van der Waals surface area (Å²) in [7, 11) is 0. The molecule has 10 aromatic carbocycles. The number of furan rings is 1. The molecule has 0 spiro atoms. The predicted octanol–water partition coefficient (Wildman–Crippen LogP) is 16.0. The Morgan fingerprint density at radius 3 is 1.59 bits per heavy atom. The van der Waals surface area contributed by atoms with Crippen LogP contribution in [-0.2, 0) is 0 Å². The van der Waals surface area contributed by atoms with Crippen LogP contribution < -0.4 is 4.90 Å². The molecule has 0 N–H and O–H groups in total. The van der Waals surface area contributed by atoms with Crippen molar-refractivity contribution < 1.29 is 4.42 Å². The molecule has 0 atom stereocenters. The molecule has 11 aromatic rings. The quantitative estimate of drug-likeness (QED) is 0.162. The summed E-state index contributed by atoms with van der Waals surface area (Å²) >= 11 is 0. The van der Waals surface area contributed by atoms with Gasteiger partial charge in [0, 0.05) is 27.8 Å². The Balaban J connectivity index is 0.980. The first kappa shape index (κ1) is 33.6. The van der Waals surface area contributed by atoms with Gasteiger partial charge in [-0.25, -0.2) is 0 Å². The van der Waals surface area contributed by atoms with Gasteiger partial charge in [0.2, 0.25) is 0 Å². The third-order valence-corrected chi connectivity index (χ3v) is 11.5. The predicted molar refractivity (Wildman–Crippen MR) is 245 cm³/mol. The molecule has 0 aliphatic heterocycles. The van der Waals surface area contributed by atoms with Crippen LogP contribution in [0, 0.1) is 0 Å². The molecule has 58 heavy (non-hydrogen) atoms. The van der Waals surface area contributed by atoms with Crippen molar-refractivity contribution in [1.82, 2.24) is 0 Å². The zero-order valence-corrected chi connectivity index (χ0v) is 31.7. The third-order valence-electron chi connectivity index (χ3n) is 11.5. The van der Waals surface area contributed by atoms with Crippen LogP contribution in [0.3, 0.4) is 0 Å². The van der Waals surface area contributed by atoms with Crippen molar-refractivity contribution in [1.29, 1.82) is 0 Å². The summed E-state index contributed by atoms with van der Waals surface area (Å²) in [6.45, 7) is 0. The lowest BCUT2D eigenvalue weighted by molar-refractivity contribution is 0.669. The van der Waals surface area contributed by atoms with E-state index in [1.807, 2.05) is 12.1 Å². The van der Waals surface area contributed by atoms with Crippen molar-refractivity contribution in [3.63, 3.8) is 0 Å². The van der Waals surface area contributed by atoms with Gasteiger partial charge in [0.05, 0.1) is 0 Å². The highest BCUT2D eigenvalue weighted by molar-refractivity contribution is 6.12. The Morgan fingerprint density at radius 1 is 0.276 bits per heavy atom. The number of benzene rings is 10. The van der Waals surface area contributed by atoms with Gasteiger partial charge in [-0.1, -0.05) is 170 Å². The maximum absolute atomic E-state index is 6.29. The normalized spacial score (nSPS) is 11.4. The molecule has 0 fully saturated rings. The fraction of sp³-hybridized carbons (Fsp3) is 0. The smallest absolute Gasteiger partial charge is 0.136 e. The highest BCUT2D eigenvalue weighted by Gasteiger charge is 2.17. The molecule has 11 rings (SSSR count). The number of rotatable bonds is 7. The molecule has 1 aromatic heterocycles. The molecule has 0 bridgehead atoms. The van der Waals surface area contributed by atoms with Gasteiger partial charge in [0.1, 0.15) is 11.2 Å². The maximum atomic E-state index is 6.29. The highest BCUT2D eigenvalue weighted by atomic mass is 16.3. The van der Waals surface area contributed by atoms with Gasteiger partial charge in [-0.2, -0.15) is 0 Å². The fourth-order valence-electron chi connectivity index (χ4n) is 8.57. The van der Waals surface area contributed by atoms with E-state index < -0.39 is 0 Å². The highest BCUT2D eigenvalue weighted by Crippen LogP contribution is 2.42. The fourth-order valence-corrected chi connectivity index (χ4v) is 8.57. The van der Waals surface area contributed by atoms with Crippen molar-refractivity contribution in [2.75, 3.05) is 4.90 Å². The maximum Gasteiger partial charge on any atom is 0.136 e. The Kier molecular flexibility index (Phi) is 8.19. The summed E-state index contributed by atoms with van der Waals surface area (Å²) < 4.78 is 6.29. The molecular weight excluding hydrogens is 703 g/mol. The average Bonchev–Trinajstić information content (AvgIpc) is 3.69. The van der Waals surface area contributed by atoms with E-state index in [1.54, 1.807) is 0 Å². The van der Waals surface area contributed by atoms with Crippen LogP contribution in [0.5, 0.6) is 0 Å². The Labute approximate surface area is 337 Å². The lowest BCUT2D eigenvalue weighted by Crippen LogP contribution is -2.10. The van der Waals surface area contributed by atoms with Gasteiger partial charge in [-0.15, -0.1) is 0 Å². The van der Waals surface area contributed by atoms with Crippen molar-refractivity contribution >= 4 is 60.5 Å². The molecule has 0 aliphatic carbocycles. The van der Waals surface area contributed by atoms with E-state index in [4.69, 9.17) is 4.42 Å². The first-order chi connectivity index (χ1) is 28.7. The van der Waals surface area contributed by atoms with Crippen molar-refractivity contribution in [2.24, 2.45) is 0 Å². The van der Waals surface area contributed by atoms with Crippen LogP contribution in [0.2, 0.25) is 0 Å². The van der Waals surface area contributed by atoms with Gasteiger partial charge in [0.15, 0.2) is 0 Å². The van der Waals surface area contributed by atoms with E-state index in [0.29, 0.717) is 0 Å². The lowest BCUT2D eigenvalue weighted by Gasteiger charge is -2.26. The summed E-state index contributed by atoms with van der Waals surface area (Å²) in [5, 5.41) is 7.28. The molecule has 2 heteroatoms. The van der Waals surface area contributed by atoms with Crippen LogP contribution >= 0.6 is 0 Å². The number of para-hydroxylation sites is 1. The van der Waals surface area contributed by atoms with E-state index in [2.05, 4.69) is 217 Å². The monoisotopic (exact) mass is 739 g/mol. The Bertz CT molecular complexity index is 3260. The SMILES string of the molecule is c1cc(-c2cccc3oc4ccccc4c23)cc(N(c2ccc(-c3ccc(-c4cccc5ccccc45)cc3)cc2)c2ccc(-c3ccc4ccccc4c3)cc2)c1. The van der Waals surface area contributed by atoms with Gasteiger partial charge < -0.3 is 9.32 Å². The number of hydrogen-bond acceptors (Lipinski definition) is 2. The summed E-state index contributed by atoms with van der Waals surface area (Å²) in [6, 6.07) is 80.7. The Morgan fingerprint density at radius 2 is 0.810 bits per heavy atom. The molecule has 0 saturated carbocycles. The number of nitrogens with zero attached hydrogens (tertiary/aromatic N) is 1. The van der Waals surface area contributed by atoms with Gasteiger partial charge in [0.25, 0.3) is 0 Å². The molecule has 0 radical (unpaired) electrons. The van der Waals surface area contributed by atoms with Crippen molar-refractivity contribution in [2.45, 2.75) is 0 Å². The van der Waals surface area contributed by atoms with Gasteiger partial charge >= 0.3 is 0 Å². The minimum atomic E-state index is 0.894. The zero-order chi connectivity index (χ0) is 38.4. The number of anilines is 3. The van der Waals surface area contributed by atoms with Crippen LogP contribution in [0.4, 0.5) is 17.1 Å². The van der Waals surface area contributed by atoms with Crippen LogP contribution in [0.1, 0.15) is 0 Å². The largest absolute Gasteiger partial charge is 0.456 e. The summed E-state index contributed by atoms with van der Waals surface area (Å²) in [5.41, 5.74) is 14.5. The molecule has 272 valence electrons. The lowest BCUT2D eigenvalue weighted by atomic mass is 9.96. The van der Waals surface area contributed by atoms with Crippen LogP contribution in [-0.4, -0.2) is 0 Å². The minimum absolute atomic E-state index is 0.894. The Hall–Kier alpha value is -7.68. The molecule has 0 saturated heterocycles. The van der Waals surface area contributed by atoms with Crippen LogP contribution in [0.15, 0.2) is 229 Å².